The second-order valence-corrected chi connectivity index (χ2v) is 6.46. The van der Waals surface area contributed by atoms with E-state index in [4.69, 9.17) is 15.2 Å². The Bertz CT molecular complexity index is 555. The number of amides is 1. The number of rotatable bonds is 3. The van der Waals surface area contributed by atoms with E-state index in [0.29, 0.717) is 6.61 Å². The maximum Gasteiger partial charge on any atom is 0.245 e. The molecule has 1 saturated heterocycles. The highest BCUT2D eigenvalue weighted by Gasteiger charge is 2.71. The van der Waals surface area contributed by atoms with E-state index >= 15 is 0 Å². The first kappa shape index (κ1) is 14.4. The fourth-order valence-corrected chi connectivity index (χ4v) is 3.75. The van der Waals surface area contributed by atoms with Crippen LogP contribution in [0, 0.1) is 11.3 Å². The average Bonchev–Trinajstić information content (AvgIpc) is 2.95. The van der Waals surface area contributed by atoms with Gasteiger partial charge in [-0.3, -0.25) is 4.79 Å². The summed E-state index contributed by atoms with van der Waals surface area (Å²) in [6.07, 6.45) is 0.935. The maximum absolute atomic E-state index is 12.7. The molecule has 2 aliphatic rings. The van der Waals surface area contributed by atoms with Crippen LogP contribution in [-0.2, 0) is 9.53 Å². The first-order valence-corrected chi connectivity index (χ1v) is 7.27. The molecule has 1 aliphatic carbocycles. The fourth-order valence-electron chi connectivity index (χ4n) is 3.75. The zero-order chi connectivity index (χ0) is 15.3. The second-order valence-electron chi connectivity index (χ2n) is 6.46. The van der Waals surface area contributed by atoms with E-state index in [0.717, 1.165) is 17.9 Å². The highest BCUT2D eigenvalue weighted by atomic mass is 16.5. The molecule has 0 spiro atoms. The Balaban J connectivity index is 1.78. The second kappa shape index (κ2) is 4.71. The lowest BCUT2D eigenvalue weighted by Gasteiger charge is -2.60. The summed E-state index contributed by atoms with van der Waals surface area (Å²) in [6, 6.07) is 7.25. The van der Waals surface area contributed by atoms with Crippen molar-refractivity contribution in [2.24, 2.45) is 17.1 Å². The highest BCUT2D eigenvalue weighted by Crippen LogP contribution is 2.58. The monoisotopic (exact) mass is 290 g/mol. The molecular formula is C16H22N2O3. The zero-order valence-corrected chi connectivity index (χ0v) is 12.7. The first-order valence-electron chi connectivity index (χ1n) is 7.27. The first-order chi connectivity index (χ1) is 9.91. The molecule has 1 saturated carbocycles. The molecule has 3 atom stereocenters. The summed E-state index contributed by atoms with van der Waals surface area (Å²) in [7, 11) is 1.61. The predicted octanol–water partition coefficient (Wildman–Crippen LogP) is 1.78. The number of anilines is 1. The number of benzene rings is 1. The summed E-state index contributed by atoms with van der Waals surface area (Å²) in [5.74, 6) is 0.721. The van der Waals surface area contributed by atoms with Crippen LogP contribution >= 0.6 is 0 Å². The summed E-state index contributed by atoms with van der Waals surface area (Å²) in [5, 5.41) is 2.93. The fraction of sp³-hybridized carbons (Fsp3) is 0.562. The van der Waals surface area contributed by atoms with Crippen LogP contribution in [0.1, 0.15) is 20.3 Å². The van der Waals surface area contributed by atoms with E-state index in [1.54, 1.807) is 7.11 Å². The van der Waals surface area contributed by atoms with Gasteiger partial charge >= 0.3 is 0 Å². The summed E-state index contributed by atoms with van der Waals surface area (Å²) in [6.45, 7) is 4.70. The van der Waals surface area contributed by atoms with Crippen molar-refractivity contribution in [2.45, 2.75) is 31.9 Å². The molecule has 0 radical (unpaired) electrons. The van der Waals surface area contributed by atoms with Gasteiger partial charge in [-0.05, 0) is 30.7 Å². The number of nitrogens with one attached hydrogen (secondary N) is 1. The van der Waals surface area contributed by atoms with Gasteiger partial charge in [0.2, 0.25) is 5.91 Å². The summed E-state index contributed by atoms with van der Waals surface area (Å²) in [5.41, 5.74) is 5.98. The molecular weight excluding hydrogens is 268 g/mol. The van der Waals surface area contributed by atoms with Crippen LogP contribution in [0.3, 0.4) is 0 Å². The van der Waals surface area contributed by atoms with Crippen molar-refractivity contribution in [3.8, 4) is 5.75 Å². The van der Waals surface area contributed by atoms with Crippen molar-refractivity contribution in [3.05, 3.63) is 24.3 Å². The van der Waals surface area contributed by atoms with E-state index in [1.165, 1.54) is 0 Å². The Morgan fingerprint density at radius 1 is 1.38 bits per heavy atom. The van der Waals surface area contributed by atoms with Gasteiger partial charge in [0.05, 0.1) is 13.2 Å². The van der Waals surface area contributed by atoms with Crippen molar-refractivity contribution in [3.63, 3.8) is 0 Å². The number of hydrogen-bond acceptors (Lipinski definition) is 4. The number of ether oxygens (including phenoxy) is 2. The minimum atomic E-state index is -0.881. The third-order valence-electron chi connectivity index (χ3n) is 5.18. The molecule has 3 unspecified atom stereocenters. The molecule has 21 heavy (non-hydrogen) atoms. The van der Waals surface area contributed by atoms with Crippen molar-refractivity contribution >= 4 is 11.6 Å². The summed E-state index contributed by atoms with van der Waals surface area (Å²) < 4.78 is 10.8. The summed E-state index contributed by atoms with van der Waals surface area (Å²) >= 11 is 0. The van der Waals surface area contributed by atoms with Crippen LogP contribution in [0.5, 0.6) is 5.75 Å². The molecule has 1 heterocycles. The third kappa shape index (κ3) is 1.88. The van der Waals surface area contributed by atoms with Gasteiger partial charge in [0.15, 0.2) is 0 Å². The van der Waals surface area contributed by atoms with Crippen LogP contribution in [0.4, 0.5) is 5.69 Å². The van der Waals surface area contributed by atoms with Crippen molar-refractivity contribution in [2.75, 3.05) is 19.0 Å². The quantitative estimate of drug-likeness (QED) is 0.890. The minimum Gasteiger partial charge on any atom is -0.497 e. The average molecular weight is 290 g/mol. The van der Waals surface area contributed by atoms with Crippen molar-refractivity contribution in [1.82, 2.24) is 0 Å². The van der Waals surface area contributed by atoms with Crippen LogP contribution in [0.15, 0.2) is 24.3 Å². The molecule has 114 valence electrons. The molecule has 3 rings (SSSR count). The molecule has 1 amide bonds. The normalized spacial score (nSPS) is 33.0. The smallest absolute Gasteiger partial charge is 0.245 e. The summed E-state index contributed by atoms with van der Waals surface area (Å²) in [4.78, 5) is 12.7. The lowest BCUT2D eigenvalue weighted by Crippen LogP contribution is -2.79. The van der Waals surface area contributed by atoms with E-state index in [9.17, 15) is 4.79 Å². The van der Waals surface area contributed by atoms with Crippen LogP contribution in [0.2, 0.25) is 0 Å². The molecule has 1 aromatic carbocycles. The van der Waals surface area contributed by atoms with Gasteiger partial charge in [-0.1, -0.05) is 13.8 Å². The lowest BCUT2D eigenvalue weighted by molar-refractivity contribution is -0.170. The number of methoxy groups -OCH3 is 1. The molecule has 0 aromatic heterocycles. The van der Waals surface area contributed by atoms with Gasteiger partial charge in [-0.2, -0.15) is 0 Å². The Hall–Kier alpha value is -1.59. The van der Waals surface area contributed by atoms with Gasteiger partial charge in [0.1, 0.15) is 11.3 Å². The van der Waals surface area contributed by atoms with E-state index < -0.39 is 5.54 Å². The molecule has 5 nitrogen and oxygen atoms in total. The molecule has 1 aromatic rings. The number of carbonyl (C=O) groups is 1. The van der Waals surface area contributed by atoms with Gasteiger partial charge in [0, 0.05) is 23.6 Å². The molecule has 2 fully saturated rings. The largest absolute Gasteiger partial charge is 0.497 e. The number of nitrogens with two attached hydrogens (primary N) is 1. The number of fused-ring (bicyclic) bond motifs is 1. The molecule has 0 bridgehead atoms. The van der Waals surface area contributed by atoms with E-state index in [1.807, 2.05) is 38.1 Å². The maximum atomic E-state index is 12.7. The molecule has 3 N–H and O–H groups in total. The Labute approximate surface area is 124 Å². The number of carbonyl (C=O) groups excluding carboxylic acids is 1. The molecule has 1 aliphatic heterocycles. The zero-order valence-electron chi connectivity index (χ0n) is 12.7. The van der Waals surface area contributed by atoms with Crippen molar-refractivity contribution < 1.29 is 14.3 Å². The Morgan fingerprint density at radius 2 is 2.05 bits per heavy atom. The SMILES string of the molecule is COc1ccc(NC(=O)C2(N)C3CCOC3C2(C)C)cc1. The predicted molar refractivity (Wildman–Crippen MR) is 80.2 cm³/mol. The number of hydrogen-bond donors (Lipinski definition) is 2. The topological polar surface area (TPSA) is 73.6 Å². The third-order valence-corrected chi connectivity index (χ3v) is 5.18. The van der Waals surface area contributed by atoms with Crippen LogP contribution < -0.4 is 15.8 Å². The highest BCUT2D eigenvalue weighted by molar-refractivity contribution is 6.00. The standard InChI is InChI=1S/C16H22N2O3/c1-15(2)13-12(8-9-21-13)16(15,17)14(19)18-10-4-6-11(20-3)7-5-10/h4-7,12-13H,8-9,17H2,1-3H3,(H,18,19). The minimum absolute atomic E-state index is 0.0871. The Kier molecular flexibility index (Phi) is 3.22. The van der Waals surface area contributed by atoms with Gasteiger partial charge in [-0.25, -0.2) is 0 Å². The van der Waals surface area contributed by atoms with Crippen molar-refractivity contribution in [1.29, 1.82) is 0 Å². The van der Waals surface area contributed by atoms with E-state index in [-0.39, 0.29) is 23.3 Å². The van der Waals surface area contributed by atoms with Gasteiger partial charge < -0.3 is 20.5 Å². The molecule has 5 heteroatoms. The van der Waals surface area contributed by atoms with E-state index in [2.05, 4.69) is 5.32 Å². The van der Waals surface area contributed by atoms with Gasteiger partial charge in [-0.15, -0.1) is 0 Å². The van der Waals surface area contributed by atoms with Crippen LogP contribution in [0.25, 0.3) is 0 Å². The van der Waals surface area contributed by atoms with Gasteiger partial charge in [0.25, 0.3) is 0 Å². The lowest BCUT2D eigenvalue weighted by atomic mass is 9.48. The Morgan fingerprint density at radius 3 is 2.67 bits per heavy atom. The van der Waals surface area contributed by atoms with Crippen LogP contribution in [-0.4, -0.2) is 31.3 Å².